The zero-order valence-electron chi connectivity index (χ0n) is 27.0. The van der Waals surface area contributed by atoms with Gasteiger partial charge in [0.2, 0.25) is 0 Å². The molecule has 0 amide bonds. The predicted octanol–water partition coefficient (Wildman–Crippen LogP) is 13.5. The van der Waals surface area contributed by atoms with E-state index in [0.29, 0.717) is 0 Å². The highest BCUT2D eigenvalue weighted by Gasteiger charge is 2.16. The van der Waals surface area contributed by atoms with Gasteiger partial charge in [-0.15, -0.1) is 11.3 Å². The Labute approximate surface area is 291 Å². The largest absolute Gasteiger partial charge is 0.337 e. The van der Waals surface area contributed by atoms with E-state index in [1.54, 1.807) is 0 Å². The maximum atomic E-state index is 2.44. The molecule has 0 atom stereocenters. The van der Waals surface area contributed by atoms with Crippen LogP contribution in [0.2, 0.25) is 0 Å². The normalized spacial score (nSPS) is 11.3. The molecule has 0 bridgehead atoms. The van der Waals surface area contributed by atoms with Crippen LogP contribution in [0.5, 0.6) is 0 Å². The summed E-state index contributed by atoms with van der Waals surface area (Å²) in [6.07, 6.45) is 0. The van der Waals surface area contributed by atoms with Crippen LogP contribution in [0.15, 0.2) is 188 Å². The van der Waals surface area contributed by atoms with Gasteiger partial charge in [0.1, 0.15) is 0 Å². The van der Waals surface area contributed by atoms with E-state index in [0.717, 1.165) is 17.9 Å². The smallest absolute Gasteiger partial charge is 0.0487 e. The van der Waals surface area contributed by atoms with E-state index < -0.39 is 0 Å². The molecule has 1 nitrogen and oxygen atoms in total. The molecule has 0 saturated carbocycles. The van der Waals surface area contributed by atoms with Gasteiger partial charge in [0, 0.05) is 38.1 Å². The monoisotopic (exact) mass is 643 g/mol. The van der Waals surface area contributed by atoms with E-state index in [1.165, 1.54) is 69.9 Å². The fourth-order valence-corrected chi connectivity index (χ4v) is 8.47. The van der Waals surface area contributed by atoms with E-state index in [2.05, 4.69) is 193 Å². The number of benzene rings is 8. The molecule has 0 fully saturated rings. The van der Waals surface area contributed by atoms with Gasteiger partial charge in [-0.05, 0) is 74.0 Å². The lowest BCUT2D eigenvalue weighted by Crippen LogP contribution is -2.17. The van der Waals surface area contributed by atoms with Crippen molar-refractivity contribution in [1.82, 2.24) is 0 Å². The van der Waals surface area contributed by atoms with Crippen molar-refractivity contribution < 1.29 is 0 Å². The number of thiophene rings is 1. The zero-order chi connectivity index (χ0) is 32.6. The molecule has 49 heavy (non-hydrogen) atoms. The van der Waals surface area contributed by atoms with E-state index >= 15 is 0 Å². The van der Waals surface area contributed by atoms with Gasteiger partial charge in [0.25, 0.3) is 0 Å². The Morgan fingerprint density at radius 3 is 1.63 bits per heavy atom. The summed E-state index contributed by atoms with van der Waals surface area (Å²) in [5.41, 5.74) is 11.1. The van der Waals surface area contributed by atoms with Gasteiger partial charge in [0.15, 0.2) is 0 Å². The maximum Gasteiger partial charge on any atom is 0.0487 e. The fourth-order valence-electron chi connectivity index (χ4n) is 7.10. The highest BCUT2D eigenvalue weighted by molar-refractivity contribution is 7.27. The van der Waals surface area contributed by atoms with Crippen molar-refractivity contribution in [2.45, 2.75) is 6.54 Å². The van der Waals surface area contributed by atoms with Crippen LogP contribution in [0.25, 0.3) is 64.3 Å². The van der Waals surface area contributed by atoms with E-state index in [-0.39, 0.29) is 0 Å². The predicted molar refractivity (Wildman–Crippen MR) is 212 cm³/mol. The van der Waals surface area contributed by atoms with Gasteiger partial charge in [-0.1, -0.05) is 164 Å². The van der Waals surface area contributed by atoms with Crippen LogP contribution in [0.4, 0.5) is 11.4 Å². The van der Waals surface area contributed by atoms with Crippen molar-refractivity contribution in [3.05, 3.63) is 194 Å². The molecule has 1 aromatic heterocycles. The third-order valence-corrected chi connectivity index (χ3v) is 10.9. The second kappa shape index (κ2) is 12.6. The van der Waals surface area contributed by atoms with E-state index in [9.17, 15) is 0 Å². The summed E-state index contributed by atoms with van der Waals surface area (Å²) in [7, 11) is 0. The number of nitrogens with zero attached hydrogens (tertiary/aromatic N) is 1. The van der Waals surface area contributed by atoms with Crippen LogP contribution in [0.1, 0.15) is 5.56 Å². The number of rotatable bonds is 7. The van der Waals surface area contributed by atoms with Crippen LogP contribution in [-0.4, -0.2) is 0 Å². The molecule has 0 N–H and O–H groups in total. The molecular weight excluding hydrogens is 611 g/mol. The molecule has 9 rings (SSSR count). The topological polar surface area (TPSA) is 3.24 Å². The number of hydrogen-bond acceptors (Lipinski definition) is 2. The molecule has 8 aromatic carbocycles. The summed E-state index contributed by atoms with van der Waals surface area (Å²) in [5.74, 6) is 0. The van der Waals surface area contributed by atoms with Crippen molar-refractivity contribution >= 4 is 53.7 Å². The molecule has 0 aliphatic heterocycles. The van der Waals surface area contributed by atoms with Gasteiger partial charge in [0.05, 0.1) is 0 Å². The first-order chi connectivity index (χ1) is 24.3. The Balaban J connectivity index is 1.12. The van der Waals surface area contributed by atoms with Crippen molar-refractivity contribution in [2.24, 2.45) is 0 Å². The molecule has 2 heteroatoms. The first kappa shape index (κ1) is 29.2. The van der Waals surface area contributed by atoms with Crippen molar-refractivity contribution in [1.29, 1.82) is 0 Å². The minimum Gasteiger partial charge on any atom is -0.337 e. The second-order valence-electron chi connectivity index (χ2n) is 12.5. The number of fused-ring (bicyclic) bond motifs is 5. The molecule has 0 radical (unpaired) electrons. The third kappa shape index (κ3) is 5.47. The molecular formula is C47H33NS. The SMILES string of the molecule is c1ccc(-c2ccc(N(Cc3ccccc3-c3ccccc3)c3ccc(-c4cccc5c4sc4c6ccccc6ccc54)cc3)cc2)cc1. The highest BCUT2D eigenvalue weighted by Crippen LogP contribution is 2.43. The standard InChI is InChI=1S/C47H33NS/c1-3-12-33(13-4-1)34-22-27-39(28-23-34)48(32-38-17-8-9-18-41(38)35-14-5-2-6-15-35)40-29-24-37(25-30-40)43-20-11-21-44-45-31-26-36-16-7-10-19-42(36)47(45)49-46(43)44/h1-31H,32H2. The van der Waals surface area contributed by atoms with E-state index in [1.807, 2.05) is 11.3 Å². The zero-order valence-corrected chi connectivity index (χ0v) is 27.8. The molecule has 0 unspecified atom stereocenters. The first-order valence-electron chi connectivity index (χ1n) is 16.8. The number of anilines is 2. The minimum atomic E-state index is 0.744. The van der Waals surface area contributed by atoms with Crippen LogP contribution in [-0.2, 0) is 6.54 Å². The summed E-state index contributed by atoms with van der Waals surface area (Å²) in [6, 6.07) is 68.2. The number of hydrogen-bond donors (Lipinski definition) is 0. The van der Waals surface area contributed by atoms with Gasteiger partial charge in [-0.25, -0.2) is 0 Å². The summed E-state index contributed by atoms with van der Waals surface area (Å²) in [4.78, 5) is 2.44. The Morgan fingerprint density at radius 1 is 0.347 bits per heavy atom. The van der Waals surface area contributed by atoms with Crippen molar-refractivity contribution in [3.8, 4) is 33.4 Å². The van der Waals surface area contributed by atoms with Gasteiger partial charge < -0.3 is 4.90 Å². The minimum absolute atomic E-state index is 0.744. The molecule has 232 valence electrons. The molecule has 0 spiro atoms. The third-order valence-electron chi connectivity index (χ3n) is 9.60. The lowest BCUT2D eigenvalue weighted by molar-refractivity contribution is 0.977. The van der Waals surface area contributed by atoms with Gasteiger partial charge in [-0.3, -0.25) is 0 Å². The Morgan fingerprint density at radius 2 is 0.878 bits per heavy atom. The summed E-state index contributed by atoms with van der Waals surface area (Å²) < 4.78 is 2.70. The van der Waals surface area contributed by atoms with Crippen molar-refractivity contribution in [2.75, 3.05) is 4.90 Å². The Bertz CT molecular complexity index is 2550. The summed E-state index contributed by atoms with van der Waals surface area (Å²) in [5, 5.41) is 5.27. The quantitative estimate of drug-likeness (QED) is 0.167. The van der Waals surface area contributed by atoms with Crippen LogP contribution >= 0.6 is 11.3 Å². The van der Waals surface area contributed by atoms with E-state index in [4.69, 9.17) is 0 Å². The van der Waals surface area contributed by atoms with Gasteiger partial charge >= 0.3 is 0 Å². The van der Waals surface area contributed by atoms with Crippen LogP contribution in [0, 0.1) is 0 Å². The first-order valence-corrected chi connectivity index (χ1v) is 17.6. The highest BCUT2D eigenvalue weighted by atomic mass is 32.1. The average molecular weight is 644 g/mol. The van der Waals surface area contributed by atoms with Gasteiger partial charge in [-0.2, -0.15) is 0 Å². The molecule has 9 aromatic rings. The van der Waals surface area contributed by atoms with Crippen LogP contribution in [0.3, 0.4) is 0 Å². The molecule has 0 aliphatic rings. The summed E-state index contributed by atoms with van der Waals surface area (Å²) in [6.45, 7) is 0.744. The molecule has 0 saturated heterocycles. The Hall–Kier alpha value is -5.96. The Kier molecular flexibility index (Phi) is 7.49. The van der Waals surface area contributed by atoms with Crippen molar-refractivity contribution in [3.63, 3.8) is 0 Å². The molecule has 1 heterocycles. The lowest BCUT2D eigenvalue weighted by Gasteiger charge is -2.27. The lowest BCUT2D eigenvalue weighted by atomic mass is 9.98. The second-order valence-corrected chi connectivity index (χ2v) is 13.5. The summed E-state index contributed by atoms with van der Waals surface area (Å²) >= 11 is 1.91. The average Bonchev–Trinajstić information content (AvgIpc) is 3.58. The maximum absolute atomic E-state index is 2.44. The fraction of sp³-hybridized carbons (Fsp3) is 0.0213. The molecule has 0 aliphatic carbocycles. The van der Waals surface area contributed by atoms with Crippen LogP contribution < -0.4 is 4.90 Å².